The van der Waals surface area contributed by atoms with E-state index in [0.29, 0.717) is 23.4 Å². The summed E-state index contributed by atoms with van der Waals surface area (Å²) in [6, 6.07) is 122. The topological polar surface area (TPSA) is 227 Å². The van der Waals surface area contributed by atoms with E-state index in [2.05, 4.69) is 252 Å². The minimum absolute atomic E-state index is 0.0247. The first kappa shape index (κ1) is 93.5. The van der Waals surface area contributed by atoms with Crippen LogP contribution in [0.5, 0.6) is 5.75 Å². The van der Waals surface area contributed by atoms with Crippen LogP contribution in [0.3, 0.4) is 0 Å². The van der Waals surface area contributed by atoms with Gasteiger partial charge in [0.25, 0.3) is 0 Å². The SMILES string of the molecule is Brc1ccc(-c2nc3c(ccc4c5ccccc5oc43)c3oc4ccccc4c23)cc1.CC(C)(O)C(C)(C)O.CC1(C)c2cc(-c3ccncc3)ccc2-c2ccc(-c3ccc(-c4nc5c(ccc6c7ccccc7oc65)c5oc6ccccc6c45)cc3)cc21.Nc1cccc2c1oc1ccccc12.O=C1Cc2ccccc2O1.O=Cc1ccc(Br)cc1.[B]c1ccc2c(c1)C(C)(C)c1cc(-c3ccncc3)ccc1-2. The number of aldehydes is 1. The van der Waals surface area contributed by atoms with Crippen molar-refractivity contribution in [2.75, 3.05) is 5.73 Å². The quantitative estimate of drug-likeness (QED) is 0.0443. The van der Waals surface area contributed by atoms with Gasteiger partial charge in [-0.15, -0.1) is 0 Å². The van der Waals surface area contributed by atoms with Crippen molar-refractivity contribution in [3.05, 3.63) is 425 Å². The zero-order chi connectivity index (χ0) is 99.9. The van der Waals surface area contributed by atoms with Crippen molar-refractivity contribution in [3.8, 4) is 83.9 Å². The van der Waals surface area contributed by atoms with E-state index in [1.165, 1.54) is 77.9 Å². The summed E-state index contributed by atoms with van der Waals surface area (Å²) < 4.78 is 38.3. The van der Waals surface area contributed by atoms with E-state index < -0.39 is 11.2 Å². The summed E-state index contributed by atoms with van der Waals surface area (Å²) in [5.74, 6) is 0.564. The molecule has 4 N–H and O–H groups in total. The Hall–Kier alpha value is -16.5. The van der Waals surface area contributed by atoms with Crippen molar-refractivity contribution in [1.82, 2.24) is 19.9 Å². The van der Waals surface area contributed by atoms with E-state index >= 15 is 0 Å². The number of hydrogen-bond acceptors (Lipinski definition) is 15. The molecule has 2 aliphatic carbocycles. The summed E-state index contributed by atoms with van der Waals surface area (Å²) >= 11 is 6.80. The number of anilines is 1. The minimum Gasteiger partial charge on any atom is -0.455 e. The van der Waals surface area contributed by atoms with Gasteiger partial charge < -0.3 is 42.8 Å². The molecule has 0 saturated carbocycles. The van der Waals surface area contributed by atoms with Crippen LogP contribution < -0.4 is 15.9 Å². The third kappa shape index (κ3) is 17.5. The number of nitrogen functional groups attached to an aromatic ring is 1. The van der Waals surface area contributed by atoms with Gasteiger partial charge in [0.15, 0.2) is 16.7 Å². The van der Waals surface area contributed by atoms with Crippen molar-refractivity contribution >= 4 is 195 Å². The third-order valence-corrected chi connectivity index (χ3v) is 29.2. The number of furan rings is 5. The molecule has 10 heterocycles. The molecule has 704 valence electrons. The Kier molecular flexibility index (Phi) is 24.3. The fourth-order valence-electron chi connectivity index (χ4n) is 19.8. The maximum Gasteiger partial charge on any atom is 0.315 e. The highest BCUT2D eigenvalue weighted by Gasteiger charge is 2.39. The molecule has 145 heavy (non-hydrogen) atoms. The molecular weight excluding hydrogens is 1930 g/mol. The number of fused-ring (bicyclic) bond motifs is 28. The Labute approximate surface area is 853 Å². The second kappa shape index (κ2) is 37.8. The lowest BCUT2D eigenvalue weighted by atomic mass is 9.80. The van der Waals surface area contributed by atoms with E-state index in [1.54, 1.807) is 45.9 Å². The molecule has 0 fully saturated rings. The summed E-state index contributed by atoms with van der Waals surface area (Å²) in [5.41, 5.74) is 38.5. The van der Waals surface area contributed by atoms with E-state index in [-0.39, 0.29) is 16.8 Å². The van der Waals surface area contributed by atoms with Crippen molar-refractivity contribution in [1.29, 1.82) is 0 Å². The summed E-state index contributed by atoms with van der Waals surface area (Å²) in [6.07, 6.45) is 8.64. The highest BCUT2D eigenvalue weighted by molar-refractivity contribution is 9.10. The van der Waals surface area contributed by atoms with Gasteiger partial charge in [0.1, 0.15) is 70.0 Å². The number of aromatic nitrogens is 4. The average molecular weight is 2020 g/mol. The Morgan fingerprint density at radius 1 is 0.345 bits per heavy atom. The number of nitrogens with zero attached hydrogens (tertiary/aromatic N) is 4. The number of esters is 1. The molecule has 0 amide bonds. The molecule has 0 spiro atoms. The molecule has 9 aromatic heterocycles. The Morgan fingerprint density at radius 2 is 0.676 bits per heavy atom. The molecule has 1 aliphatic heterocycles. The van der Waals surface area contributed by atoms with Crippen LogP contribution in [0.1, 0.15) is 93.6 Å². The molecule has 28 rings (SSSR count). The predicted molar refractivity (Wildman–Crippen MR) is 596 cm³/mol. The molecule has 18 heteroatoms. The number of para-hydroxylation sites is 7. The predicted octanol–water partition coefficient (Wildman–Crippen LogP) is 32.2. The van der Waals surface area contributed by atoms with Gasteiger partial charge in [-0.3, -0.25) is 19.6 Å². The fourth-order valence-corrected chi connectivity index (χ4v) is 20.3. The molecule has 25 aromatic rings. The monoisotopic (exact) mass is 2020 g/mol. The van der Waals surface area contributed by atoms with Crippen LogP contribution in [-0.4, -0.2) is 61.5 Å². The average Bonchev–Trinajstić information content (AvgIpc) is 1.59. The van der Waals surface area contributed by atoms with Gasteiger partial charge in [-0.25, -0.2) is 9.97 Å². The molecule has 16 aromatic carbocycles. The van der Waals surface area contributed by atoms with Gasteiger partial charge in [-0.05, 0) is 239 Å². The van der Waals surface area contributed by atoms with E-state index in [0.717, 1.165) is 180 Å². The van der Waals surface area contributed by atoms with Crippen LogP contribution >= 0.6 is 31.9 Å². The largest absolute Gasteiger partial charge is 0.455 e. The normalized spacial score (nSPS) is 12.9. The maximum absolute atomic E-state index is 10.7. The van der Waals surface area contributed by atoms with Gasteiger partial charge in [0.05, 0.1) is 45.5 Å². The molecule has 3 aliphatic rings. The lowest BCUT2D eigenvalue weighted by molar-refractivity contribution is -0.131. The molecule has 0 bridgehead atoms. The number of ether oxygens (including phenoxy) is 1. The Bertz CT molecular complexity index is 9340. The number of benzene rings is 16. The molecule has 0 unspecified atom stereocenters. The lowest BCUT2D eigenvalue weighted by Crippen LogP contribution is -2.44. The smallest absolute Gasteiger partial charge is 0.315 e. The van der Waals surface area contributed by atoms with Crippen molar-refractivity contribution in [2.45, 2.75) is 83.8 Å². The second-order valence-electron chi connectivity index (χ2n) is 38.7. The summed E-state index contributed by atoms with van der Waals surface area (Å²) in [7, 11) is 6.00. The first-order valence-electron chi connectivity index (χ1n) is 47.9. The minimum atomic E-state index is -1.01. The van der Waals surface area contributed by atoms with Crippen LogP contribution in [0.2, 0.25) is 0 Å². The van der Waals surface area contributed by atoms with Gasteiger partial charge in [0.2, 0.25) is 0 Å². The number of pyridine rings is 4. The number of carbonyl (C=O) groups is 2. The molecule has 2 radical (unpaired) electrons. The van der Waals surface area contributed by atoms with Crippen molar-refractivity contribution in [2.24, 2.45) is 0 Å². The third-order valence-electron chi connectivity index (χ3n) is 28.1. The van der Waals surface area contributed by atoms with Crippen LogP contribution in [0.15, 0.2) is 414 Å². The number of hydrogen-bond donors (Lipinski definition) is 3. The fraction of sp³-hybridized carbons (Fsp3) is 0.102. The lowest BCUT2D eigenvalue weighted by Gasteiger charge is -2.31. The highest BCUT2D eigenvalue weighted by Crippen LogP contribution is 2.54. The summed E-state index contributed by atoms with van der Waals surface area (Å²) in [6.45, 7) is 15.5. The number of nitrogens with two attached hydrogens (primary N) is 1. The van der Waals surface area contributed by atoms with Crippen LogP contribution in [-0.2, 0) is 22.0 Å². The molecular formula is C127H94BBr2N5O10. The Morgan fingerprint density at radius 3 is 1.10 bits per heavy atom. The Balaban J connectivity index is 0.000000108. The van der Waals surface area contributed by atoms with Crippen LogP contribution in [0, 0.1) is 0 Å². The zero-order valence-electron chi connectivity index (χ0n) is 80.5. The summed E-state index contributed by atoms with van der Waals surface area (Å²) in [5, 5.41) is 30.8. The van der Waals surface area contributed by atoms with Gasteiger partial charge in [-0.2, -0.15) is 0 Å². The van der Waals surface area contributed by atoms with Crippen molar-refractivity contribution in [3.63, 3.8) is 0 Å². The first-order valence-corrected chi connectivity index (χ1v) is 49.5. The number of rotatable bonds is 7. The van der Waals surface area contributed by atoms with E-state index in [1.807, 2.05) is 183 Å². The summed E-state index contributed by atoms with van der Waals surface area (Å²) in [4.78, 5) is 39.7. The molecule has 0 atom stereocenters. The standard InChI is InChI=1S/C47H30N2O2.C27H14BrNO2.C20H16BN.C12H9NO.C8H6O2.C7H5BrO.C6H14O2/c1-47(2)38-25-30(15-17-32(38)33-18-16-31(26-39(33)47)28-21-23-48-24-22-28)27-11-13-29(14-12-27)43-42-36-8-4-6-10-41(36)50-45(42)37-20-19-35-34-7-3-5-9-40(34)51-46(35)44(37)49-43;28-16-11-9-15(10-12-16)24-23-19-6-2-4-8-22(19)30-26(23)20-14-13-18-17-5-1-3-7-21(17)31-27(18)25(20)29-24;1-20(2)18-11-14(13-7-9-22-10-8-13)3-5-16(18)17-6-4-15(21)12-19(17)20;13-10-6-3-5-9-8-4-1-2-7-11(8)14-12(9)10;9-8-5-6-3-1-2-4-7(6)10-8;8-7-3-1-6(5-9)2-4-7;1-5(2,7)6(3,4)8/h3-26H,1-2H3;1-14H;3-12H,1-2H3;1-7H,13H2;1-4H,5H2;1-5H;7-8H,1-4H3. The van der Waals surface area contributed by atoms with Gasteiger partial charge in [-0.1, -0.05) is 289 Å². The van der Waals surface area contributed by atoms with Crippen LogP contribution in [0.25, 0.3) is 210 Å². The maximum atomic E-state index is 10.7. The highest BCUT2D eigenvalue weighted by atomic mass is 79.9. The second-order valence-corrected chi connectivity index (χ2v) is 40.5. The van der Waals surface area contributed by atoms with Gasteiger partial charge in [0, 0.05) is 121 Å². The first-order chi connectivity index (χ1) is 70.2. The molecule has 0 saturated heterocycles. The molecule has 15 nitrogen and oxygen atoms in total. The van der Waals surface area contributed by atoms with Crippen LogP contribution in [0.4, 0.5) is 5.69 Å². The zero-order valence-corrected chi connectivity index (χ0v) is 83.7. The van der Waals surface area contributed by atoms with Gasteiger partial charge >= 0.3 is 5.97 Å². The number of carbonyl (C=O) groups excluding carboxylic acids is 2. The van der Waals surface area contributed by atoms with E-state index in [4.69, 9.17) is 60.6 Å². The number of halogens is 2. The number of aliphatic hydroxyl groups is 2. The van der Waals surface area contributed by atoms with E-state index in [9.17, 15) is 9.59 Å². The van der Waals surface area contributed by atoms with Crippen molar-refractivity contribution < 1.29 is 46.6 Å².